The van der Waals surface area contributed by atoms with Gasteiger partial charge in [0.1, 0.15) is 5.88 Å². The number of aliphatic hydroxyl groups is 1. The van der Waals surface area contributed by atoms with Crippen molar-refractivity contribution in [3.8, 4) is 0 Å². The van der Waals surface area contributed by atoms with Crippen molar-refractivity contribution in [2.24, 2.45) is 0 Å². The first kappa shape index (κ1) is 10.7. The molecule has 1 heterocycles. The molecule has 0 aliphatic carbocycles. The number of amides is 1. The van der Waals surface area contributed by atoms with Crippen LogP contribution in [0.4, 0.5) is 8.78 Å². The Bertz CT molecular complexity index is 213. The summed E-state index contributed by atoms with van der Waals surface area (Å²) in [6, 6.07) is -0.791. The standard InChI is InChI=1S/C7H10ClF2NO2/c8-2-6(13)11-4-7(9,10)1-5(11)3-12/h5,12H,1-4H2/t5-/m0/s1. The number of alkyl halides is 3. The molecule has 0 aromatic rings. The monoisotopic (exact) mass is 213 g/mol. The molecule has 0 bridgehead atoms. The second-order valence-corrected chi connectivity index (χ2v) is 3.32. The topological polar surface area (TPSA) is 40.5 Å². The van der Waals surface area contributed by atoms with Crippen molar-refractivity contribution in [3.05, 3.63) is 0 Å². The van der Waals surface area contributed by atoms with Crippen molar-refractivity contribution in [1.82, 2.24) is 4.90 Å². The Morgan fingerprint density at radius 2 is 2.31 bits per heavy atom. The second-order valence-electron chi connectivity index (χ2n) is 3.05. The van der Waals surface area contributed by atoms with Gasteiger partial charge in [-0.25, -0.2) is 8.78 Å². The van der Waals surface area contributed by atoms with Gasteiger partial charge >= 0.3 is 0 Å². The number of carbonyl (C=O) groups excluding carboxylic acids is 1. The molecule has 0 aromatic heterocycles. The van der Waals surface area contributed by atoms with E-state index in [1.54, 1.807) is 0 Å². The summed E-state index contributed by atoms with van der Waals surface area (Å²) in [7, 11) is 0. The van der Waals surface area contributed by atoms with E-state index in [0.29, 0.717) is 0 Å². The molecule has 0 aromatic carbocycles. The van der Waals surface area contributed by atoms with Crippen LogP contribution in [0.3, 0.4) is 0 Å². The van der Waals surface area contributed by atoms with E-state index in [0.717, 1.165) is 4.90 Å². The van der Waals surface area contributed by atoms with Crippen LogP contribution in [-0.2, 0) is 4.79 Å². The summed E-state index contributed by atoms with van der Waals surface area (Å²) in [5, 5.41) is 8.74. The van der Waals surface area contributed by atoms with Crippen LogP contribution in [0.5, 0.6) is 0 Å². The van der Waals surface area contributed by atoms with Gasteiger partial charge in [0.15, 0.2) is 0 Å². The number of carbonyl (C=O) groups is 1. The van der Waals surface area contributed by atoms with Gasteiger partial charge in [0.05, 0.1) is 19.2 Å². The van der Waals surface area contributed by atoms with Gasteiger partial charge < -0.3 is 10.0 Å². The summed E-state index contributed by atoms with van der Waals surface area (Å²) >= 11 is 5.23. The van der Waals surface area contributed by atoms with Gasteiger partial charge in [0, 0.05) is 6.42 Å². The molecule has 1 amide bonds. The highest BCUT2D eigenvalue weighted by Crippen LogP contribution is 2.31. The summed E-state index contributed by atoms with van der Waals surface area (Å²) in [6.07, 6.45) is -0.480. The minimum Gasteiger partial charge on any atom is -0.394 e. The first-order chi connectivity index (χ1) is 6.00. The first-order valence-corrected chi connectivity index (χ1v) is 4.38. The molecule has 1 fully saturated rings. The summed E-state index contributed by atoms with van der Waals surface area (Å²) in [5.74, 6) is -3.78. The summed E-state index contributed by atoms with van der Waals surface area (Å²) in [5.41, 5.74) is 0. The summed E-state index contributed by atoms with van der Waals surface area (Å²) < 4.78 is 25.6. The Labute approximate surface area is 79.3 Å². The van der Waals surface area contributed by atoms with Crippen molar-refractivity contribution in [1.29, 1.82) is 0 Å². The lowest BCUT2D eigenvalue weighted by molar-refractivity contribution is -0.131. The smallest absolute Gasteiger partial charge is 0.267 e. The van der Waals surface area contributed by atoms with Crippen LogP contribution in [0.15, 0.2) is 0 Å². The number of hydrogen-bond donors (Lipinski definition) is 1. The van der Waals surface area contributed by atoms with E-state index in [1.807, 2.05) is 0 Å². The van der Waals surface area contributed by atoms with E-state index in [9.17, 15) is 13.6 Å². The molecule has 0 unspecified atom stereocenters. The molecule has 1 aliphatic heterocycles. The molecule has 76 valence electrons. The van der Waals surface area contributed by atoms with Crippen molar-refractivity contribution in [2.45, 2.75) is 18.4 Å². The molecule has 6 heteroatoms. The maximum absolute atomic E-state index is 12.8. The second kappa shape index (κ2) is 3.75. The maximum atomic E-state index is 12.8. The molecule has 1 aliphatic rings. The average molecular weight is 214 g/mol. The molecule has 1 atom stereocenters. The van der Waals surface area contributed by atoms with E-state index in [-0.39, 0.29) is 5.88 Å². The van der Waals surface area contributed by atoms with Crippen LogP contribution >= 0.6 is 11.6 Å². The molecule has 13 heavy (non-hydrogen) atoms. The lowest BCUT2D eigenvalue weighted by atomic mass is 10.2. The third-order valence-corrected chi connectivity index (χ3v) is 2.25. The zero-order chi connectivity index (χ0) is 10.1. The van der Waals surface area contributed by atoms with Gasteiger partial charge in [0.2, 0.25) is 5.91 Å². The maximum Gasteiger partial charge on any atom is 0.267 e. The fraction of sp³-hybridized carbons (Fsp3) is 0.857. The number of halogens is 3. The highest BCUT2D eigenvalue weighted by atomic mass is 35.5. The van der Waals surface area contributed by atoms with Gasteiger partial charge in [-0.3, -0.25) is 4.79 Å². The number of aliphatic hydroxyl groups excluding tert-OH is 1. The van der Waals surface area contributed by atoms with Crippen LogP contribution < -0.4 is 0 Å². The molecular formula is C7H10ClF2NO2. The molecule has 1 N–H and O–H groups in total. The third kappa shape index (κ3) is 2.28. The molecular weight excluding hydrogens is 204 g/mol. The van der Waals surface area contributed by atoms with E-state index >= 15 is 0 Å². The molecule has 3 nitrogen and oxygen atoms in total. The van der Waals surface area contributed by atoms with Crippen LogP contribution in [0, 0.1) is 0 Å². The summed E-state index contributed by atoms with van der Waals surface area (Å²) in [4.78, 5) is 12.0. The highest BCUT2D eigenvalue weighted by Gasteiger charge is 2.46. The number of rotatable bonds is 2. The predicted octanol–water partition coefficient (Wildman–Crippen LogP) is 0.454. The SMILES string of the molecule is O=C(CCl)N1CC(F)(F)C[C@H]1CO. The largest absolute Gasteiger partial charge is 0.394 e. The Kier molecular flexibility index (Phi) is 3.08. The summed E-state index contributed by atoms with van der Waals surface area (Å²) in [6.45, 7) is -1.08. The van der Waals surface area contributed by atoms with Crippen molar-refractivity contribution in [3.63, 3.8) is 0 Å². The Morgan fingerprint density at radius 3 is 2.77 bits per heavy atom. The average Bonchev–Trinajstić information content (AvgIpc) is 2.39. The predicted molar refractivity (Wildman–Crippen MR) is 42.9 cm³/mol. The van der Waals surface area contributed by atoms with Crippen LogP contribution in [0.1, 0.15) is 6.42 Å². The van der Waals surface area contributed by atoms with Crippen molar-refractivity contribution >= 4 is 17.5 Å². The fourth-order valence-corrected chi connectivity index (χ4v) is 1.58. The third-order valence-electron chi connectivity index (χ3n) is 2.02. The van der Waals surface area contributed by atoms with Crippen LogP contribution in [0.25, 0.3) is 0 Å². The van der Waals surface area contributed by atoms with E-state index in [4.69, 9.17) is 16.7 Å². The zero-order valence-corrected chi connectivity index (χ0v) is 7.60. The minimum absolute atomic E-state index is 0.327. The van der Waals surface area contributed by atoms with Gasteiger partial charge in [-0.2, -0.15) is 0 Å². The normalized spacial score (nSPS) is 26.5. The molecule has 1 saturated heterocycles. The van der Waals surface area contributed by atoms with Crippen molar-refractivity contribution < 1.29 is 18.7 Å². The van der Waals surface area contributed by atoms with Gasteiger partial charge in [-0.05, 0) is 0 Å². The Morgan fingerprint density at radius 1 is 1.69 bits per heavy atom. The first-order valence-electron chi connectivity index (χ1n) is 3.84. The van der Waals surface area contributed by atoms with Gasteiger partial charge in [-0.1, -0.05) is 0 Å². The van der Waals surface area contributed by atoms with Crippen LogP contribution in [-0.4, -0.2) is 46.9 Å². The van der Waals surface area contributed by atoms with E-state index in [2.05, 4.69) is 0 Å². The van der Waals surface area contributed by atoms with E-state index < -0.39 is 37.4 Å². The number of hydrogen-bond acceptors (Lipinski definition) is 2. The fourth-order valence-electron chi connectivity index (χ4n) is 1.43. The minimum atomic E-state index is -2.89. The number of nitrogens with zero attached hydrogens (tertiary/aromatic N) is 1. The van der Waals surface area contributed by atoms with Crippen LogP contribution in [0.2, 0.25) is 0 Å². The molecule has 0 saturated carbocycles. The van der Waals surface area contributed by atoms with Gasteiger partial charge in [0.25, 0.3) is 5.92 Å². The Balaban J connectivity index is 2.69. The van der Waals surface area contributed by atoms with Crippen molar-refractivity contribution in [2.75, 3.05) is 19.0 Å². The number of likely N-dealkylation sites (tertiary alicyclic amines) is 1. The quantitative estimate of drug-likeness (QED) is 0.677. The highest BCUT2D eigenvalue weighted by molar-refractivity contribution is 6.27. The molecule has 1 rings (SSSR count). The van der Waals surface area contributed by atoms with E-state index in [1.165, 1.54) is 0 Å². The Hall–Kier alpha value is -0.420. The van der Waals surface area contributed by atoms with Gasteiger partial charge in [-0.15, -0.1) is 11.6 Å². The zero-order valence-electron chi connectivity index (χ0n) is 6.84. The lowest BCUT2D eigenvalue weighted by Crippen LogP contribution is -2.39. The molecule has 0 radical (unpaired) electrons. The molecule has 0 spiro atoms. The lowest BCUT2D eigenvalue weighted by Gasteiger charge is -2.20.